The Labute approximate surface area is 202 Å². The van der Waals surface area contributed by atoms with Gasteiger partial charge in [-0.2, -0.15) is 0 Å². The molecule has 0 saturated heterocycles. The Morgan fingerprint density at radius 2 is 0.700 bits per heavy atom. The number of halogens is 1. The van der Waals surface area contributed by atoms with Crippen molar-refractivity contribution in [1.82, 2.24) is 0 Å². The molecule has 0 radical (unpaired) electrons. The summed E-state index contributed by atoms with van der Waals surface area (Å²) in [6.07, 6.45) is 31.7. The van der Waals surface area contributed by atoms with E-state index in [2.05, 4.69) is 33.4 Å². The molecule has 30 heavy (non-hydrogen) atoms. The Balaban J connectivity index is 0. The summed E-state index contributed by atoms with van der Waals surface area (Å²) in [5.74, 6) is 0.825. The minimum atomic E-state index is 0. The second-order valence-electron chi connectivity index (χ2n) is 10.6. The van der Waals surface area contributed by atoms with E-state index in [1.165, 1.54) is 141 Å². The van der Waals surface area contributed by atoms with Crippen LogP contribution in [0.25, 0.3) is 0 Å². The summed E-state index contributed by atoms with van der Waals surface area (Å²) < 4.78 is 0. The summed E-state index contributed by atoms with van der Waals surface area (Å²) in [5.41, 5.74) is 4.75. The van der Waals surface area contributed by atoms with E-state index in [1.54, 1.807) is 0 Å². The molecule has 0 rings (SSSR count). The fourth-order valence-corrected chi connectivity index (χ4v) is 4.68. The fourth-order valence-electron chi connectivity index (χ4n) is 4.68. The van der Waals surface area contributed by atoms with Gasteiger partial charge in [0, 0.05) is 5.92 Å². The second kappa shape index (κ2) is 24.1. The third-order valence-electron chi connectivity index (χ3n) is 6.92. The highest BCUT2D eigenvalue weighted by molar-refractivity contribution is 4.76. The van der Waals surface area contributed by atoms with Crippen LogP contribution in [0.3, 0.4) is 0 Å². The SMILES string of the molecule is CCCCCCCCCCCCC(CCCCCCCCCCCC)C(C)(C)[NH3+].[Br-]. The zero-order chi connectivity index (χ0) is 21.6. The summed E-state index contributed by atoms with van der Waals surface area (Å²) in [7, 11) is 0. The minimum Gasteiger partial charge on any atom is -1.00 e. The molecule has 0 aromatic rings. The van der Waals surface area contributed by atoms with E-state index in [1.807, 2.05) is 0 Å². The summed E-state index contributed by atoms with van der Waals surface area (Å²) in [6.45, 7) is 9.34. The molecule has 0 aromatic heterocycles. The predicted molar refractivity (Wildman–Crippen MR) is 133 cm³/mol. The van der Waals surface area contributed by atoms with Crippen molar-refractivity contribution in [1.29, 1.82) is 0 Å². The van der Waals surface area contributed by atoms with E-state index in [0.717, 1.165) is 5.92 Å². The lowest BCUT2D eigenvalue weighted by Crippen LogP contribution is -3.00. The van der Waals surface area contributed by atoms with Crippen LogP contribution >= 0.6 is 0 Å². The number of hydrogen-bond donors (Lipinski definition) is 1. The molecule has 0 atom stereocenters. The van der Waals surface area contributed by atoms with Gasteiger partial charge in [0.1, 0.15) is 0 Å². The standard InChI is InChI=1S/C28H59N.BrH/c1-5-7-9-11-13-15-17-19-21-23-25-27(28(3,4)29)26-24-22-20-18-16-14-12-10-8-6-2;/h27H,5-26,29H2,1-4H3;1H. The molecule has 1 nitrogen and oxygen atoms in total. The maximum atomic E-state index is 4.50. The molecule has 0 unspecified atom stereocenters. The maximum absolute atomic E-state index is 4.50. The van der Waals surface area contributed by atoms with Gasteiger partial charge < -0.3 is 22.7 Å². The fraction of sp³-hybridized carbons (Fsp3) is 1.00. The van der Waals surface area contributed by atoms with Crippen LogP contribution in [-0.4, -0.2) is 5.54 Å². The molecule has 0 aliphatic carbocycles. The van der Waals surface area contributed by atoms with E-state index in [4.69, 9.17) is 0 Å². The molecule has 0 amide bonds. The van der Waals surface area contributed by atoms with Crippen LogP contribution in [0.2, 0.25) is 0 Å². The smallest absolute Gasteiger partial charge is 0.0917 e. The first kappa shape index (κ1) is 32.6. The third-order valence-corrected chi connectivity index (χ3v) is 6.92. The molecule has 0 bridgehead atoms. The Morgan fingerprint density at radius 3 is 0.933 bits per heavy atom. The van der Waals surface area contributed by atoms with Gasteiger partial charge in [-0.1, -0.05) is 142 Å². The zero-order valence-corrected chi connectivity index (χ0v) is 23.3. The molecular formula is C28H60BrN. The van der Waals surface area contributed by atoms with Crippen LogP contribution in [0.4, 0.5) is 0 Å². The number of unbranched alkanes of at least 4 members (excludes halogenated alkanes) is 18. The molecule has 184 valence electrons. The van der Waals surface area contributed by atoms with E-state index in [0.29, 0.717) is 0 Å². The van der Waals surface area contributed by atoms with Crippen LogP contribution in [0, 0.1) is 5.92 Å². The summed E-state index contributed by atoms with van der Waals surface area (Å²) in [6, 6.07) is 0. The largest absolute Gasteiger partial charge is 1.00 e. The normalized spacial score (nSPS) is 11.8. The van der Waals surface area contributed by atoms with E-state index >= 15 is 0 Å². The molecule has 0 aliphatic rings. The van der Waals surface area contributed by atoms with E-state index in [-0.39, 0.29) is 22.5 Å². The molecule has 2 heteroatoms. The molecule has 0 heterocycles. The van der Waals surface area contributed by atoms with Gasteiger partial charge in [0.2, 0.25) is 0 Å². The van der Waals surface area contributed by atoms with Crippen molar-refractivity contribution in [2.45, 2.75) is 174 Å². The molecule has 0 spiro atoms. The van der Waals surface area contributed by atoms with Gasteiger partial charge in [0.05, 0.1) is 5.54 Å². The van der Waals surface area contributed by atoms with Crippen LogP contribution < -0.4 is 22.7 Å². The monoisotopic (exact) mass is 489 g/mol. The average Bonchev–Trinajstić information content (AvgIpc) is 2.68. The predicted octanol–water partition coefficient (Wildman–Crippen LogP) is 6.25. The van der Waals surface area contributed by atoms with Crippen molar-refractivity contribution in [3.63, 3.8) is 0 Å². The van der Waals surface area contributed by atoms with Crippen molar-refractivity contribution >= 4 is 0 Å². The average molecular weight is 491 g/mol. The van der Waals surface area contributed by atoms with Crippen LogP contribution in [0.1, 0.15) is 169 Å². The minimum absolute atomic E-state index is 0. The lowest BCUT2D eigenvalue weighted by molar-refractivity contribution is -0.481. The second-order valence-corrected chi connectivity index (χ2v) is 10.6. The third kappa shape index (κ3) is 23.1. The van der Waals surface area contributed by atoms with Crippen molar-refractivity contribution in [3.05, 3.63) is 0 Å². The lowest BCUT2D eigenvalue weighted by Gasteiger charge is -2.27. The molecule has 0 aliphatic heterocycles. The maximum Gasteiger partial charge on any atom is 0.0917 e. The number of hydrogen-bond acceptors (Lipinski definition) is 0. The Hall–Kier alpha value is 0.440. The van der Waals surface area contributed by atoms with Gasteiger partial charge in [-0.3, -0.25) is 0 Å². The van der Waals surface area contributed by atoms with Gasteiger partial charge in [0.25, 0.3) is 0 Å². The van der Waals surface area contributed by atoms with Gasteiger partial charge in [-0.15, -0.1) is 0 Å². The number of quaternary nitrogens is 1. The molecule has 0 fully saturated rings. The van der Waals surface area contributed by atoms with Crippen molar-refractivity contribution in [2.75, 3.05) is 0 Å². The van der Waals surface area contributed by atoms with Crippen LogP contribution in [-0.2, 0) is 0 Å². The van der Waals surface area contributed by atoms with Crippen molar-refractivity contribution < 1.29 is 22.7 Å². The molecule has 0 aromatic carbocycles. The number of rotatable bonds is 23. The topological polar surface area (TPSA) is 27.6 Å². The zero-order valence-electron chi connectivity index (χ0n) is 21.7. The van der Waals surface area contributed by atoms with Crippen molar-refractivity contribution in [2.24, 2.45) is 5.92 Å². The first-order chi connectivity index (χ1) is 14.0. The van der Waals surface area contributed by atoms with E-state index < -0.39 is 0 Å². The quantitative estimate of drug-likeness (QED) is 0.164. The Bertz CT molecular complexity index is 286. The van der Waals surface area contributed by atoms with Gasteiger partial charge in [-0.05, 0) is 26.7 Å². The molecular weight excluding hydrogens is 430 g/mol. The first-order valence-corrected chi connectivity index (χ1v) is 13.9. The summed E-state index contributed by atoms with van der Waals surface area (Å²) in [4.78, 5) is 0. The Morgan fingerprint density at radius 1 is 0.467 bits per heavy atom. The molecule has 3 N–H and O–H groups in total. The summed E-state index contributed by atoms with van der Waals surface area (Å²) in [5, 5.41) is 0. The first-order valence-electron chi connectivity index (χ1n) is 13.9. The Kier molecular flexibility index (Phi) is 26.2. The summed E-state index contributed by atoms with van der Waals surface area (Å²) >= 11 is 0. The molecule has 0 saturated carbocycles. The van der Waals surface area contributed by atoms with Gasteiger partial charge in [-0.25, -0.2) is 0 Å². The van der Waals surface area contributed by atoms with E-state index in [9.17, 15) is 0 Å². The van der Waals surface area contributed by atoms with Crippen LogP contribution in [0.15, 0.2) is 0 Å². The van der Waals surface area contributed by atoms with Gasteiger partial charge in [0.15, 0.2) is 0 Å². The van der Waals surface area contributed by atoms with Crippen molar-refractivity contribution in [3.8, 4) is 0 Å². The highest BCUT2D eigenvalue weighted by atomic mass is 79.9. The van der Waals surface area contributed by atoms with Gasteiger partial charge >= 0.3 is 0 Å². The lowest BCUT2D eigenvalue weighted by atomic mass is 9.80. The highest BCUT2D eigenvalue weighted by Crippen LogP contribution is 2.26. The van der Waals surface area contributed by atoms with Crippen LogP contribution in [0.5, 0.6) is 0 Å². The highest BCUT2D eigenvalue weighted by Gasteiger charge is 2.27.